The zero-order valence-electron chi connectivity index (χ0n) is 12.2. The van der Waals surface area contributed by atoms with E-state index in [1.807, 2.05) is 5.32 Å². The lowest BCUT2D eigenvalue weighted by molar-refractivity contribution is -0.147. The molecule has 0 atom stereocenters. The van der Waals surface area contributed by atoms with Gasteiger partial charge in [0.15, 0.2) is 16.4 Å². The van der Waals surface area contributed by atoms with Crippen molar-refractivity contribution in [1.82, 2.24) is 10.6 Å². The summed E-state index contributed by atoms with van der Waals surface area (Å²) in [4.78, 5) is 33.5. The number of rotatable bonds is 6. The summed E-state index contributed by atoms with van der Waals surface area (Å²) in [5, 5.41) is 4.44. The predicted octanol–water partition coefficient (Wildman–Crippen LogP) is 0.503. The van der Waals surface area contributed by atoms with E-state index < -0.39 is 46.5 Å². The molecule has 126 valence electrons. The molecule has 0 fully saturated rings. The maximum absolute atomic E-state index is 12.0. The number of carbonyl (C=O) groups is 3. The number of sulfone groups is 1. The van der Waals surface area contributed by atoms with Gasteiger partial charge in [-0.1, -0.05) is 11.6 Å². The maximum atomic E-state index is 12.0. The second kappa shape index (κ2) is 8.49. The molecule has 1 aromatic rings. The zero-order chi connectivity index (χ0) is 17.5. The van der Waals surface area contributed by atoms with E-state index in [0.29, 0.717) is 5.02 Å². The summed E-state index contributed by atoms with van der Waals surface area (Å²) < 4.78 is 28.6. The minimum atomic E-state index is -3.66. The van der Waals surface area contributed by atoms with E-state index in [9.17, 15) is 22.8 Å². The van der Waals surface area contributed by atoms with Crippen LogP contribution in [-0.2, 0) is 24.2 Å². The Morgan fingerprint density at radius 3 is 2.35 bits per heavy atom. The van der Waals surface area contributed by atoms with Crippen LogP contribution < -0.4 is 10.6 Å². The van der Waals surface area contributed by atoms with Crippen LogP contribution in [0.25, 0.3) is 0 Å². The number of urea groups is 1. The zero-order valence-corrected chi connectivity index (χ0v) is 13.7. The summed E-state index contributed by atoms with van der Waals surface area (Å²) in [5.74, 6) is -2.15. The first-order valence-electron chi connectivity index (χ1n) is 6.40. The van der Waals surface area contributed by atoms with E-state index in [1.54, 1.807) is 0 Å². The van der Waals surface area contributed by atoms with Gasteiger partial charge in [-0.25, -0.2) is 13.2 Å². The molecule has 0 aliphatic carbocycles. The van der Waals surface area contributed by atoms with Crippen molar-refractivity contribution in [1.29, 1.82) is 0 Å². The van der Waals surface area contributed by atoms with E-state index in [4.69, 9.17) is 11.6 Å². The van der Waals surface area contributed by atoms with Crippen molar-refractivity contribution < 1.29 is 27.5 Å². The fraction of sp³-hybridized carbons (Fsp3) is 0.308. The van der Waals surface area contributed by atoms with E-state index in [0.717, 1.165) is 0 Å². The van der Waals surface area contributed by atoms with Crippen molar-refractivity contribution in [2.75, 3.05) is 19.4 Å². The third-order valence-corrected chi connectivity index (χ3v) is 4.58. The highest BCUT2D eigenvalue weighted by atomic mass is 35.5. The lowest BCUT2D eigenvalue weighted by Gasteiger charge is -2.06. The third-order valence-electron chi connectivity index (χ3n) is 2.59. The van der Waals surface area contributed by atoms with Crippen molar-refractivity contribution in [3.8, 4) is 0 Å². The lowest BCUT2D eigenvalue weighted by atomic mass is 10.4. The Morgan fingerprint density at radius 2 is 1.78 bits per heavy atom. The Hall–Kier alpha value is -2.13. The standard InChI is InChI=1S/C13H15ClN2O6S/c1-15-13(19)16-11(17)8-22-12(18)6-7-23(20,21)10-4-2-9(14)3-5-10/h2-5H,6-8H2,1H3,(H2,15,16,17,19). The van der Waals surface area contributed by atoms with Crippen LogP contribution in [0.15, 0.2) is 29.2 Å². The van der Waals surface area contributed by atoms with Crippen LogP contribution in [-0.4, -0.2) is 45.7 Å². The number of halogens is 1. The van der Waals surface area contributed by atoms with E-state index >= 15 is 0 Å². The average Bonchev–Trinajstić information content (AvgIpc) is 2.51. The molecule has 2 N–H and O–H groups in total. The van der Waals surface area contributed by atoms with Gasteiger partial charge in [-0.15, -0.1) is 0 Å². The lowest BCUT2D eigenvalue weighted by Crippen LogP contribution is -2.39. The van der Waals surface area contributed by atoms with Crippen molar-refractivity contribution in [2.45, 2.75) is 11.3 Å². The molecule has 23 heavy (non-hydrogen) atoms. The van der Waals surface area contributed by atoms with Crippen molar-refractivity contribution in [3.05, 3.63) is 29.3 Å². The van der Waals surface area contributed by atoms with Gasteiger partial charge in [-0.2, -0.15) is 0 Å². The molecule has 1 aromatic carbocycles. The van der Waals surface area contributed by atoms with E-state index in [2.05, 4.69) is 10.1 Å². The van der Waals surface area contributed by atoms with Gasteiger partial charge in [-0.3, -0.25) is 14.9 Å². The van der Waals surface area contributed by atoms with Gasteiger partial charge in [0.1, 0.15) is 0 Å². The number of esters is 1. The fourth-order valence-electron chi connectivity index (χ4n) is 1.42. The second-order valence-electron chi connectivity index (χ2n) is 4.31. The number of hydrogen-bond donors (Lipinski definition) is 2. The summed E-state index contributed by atoms with van der Waals surface area (Å²) in [7, 11) is -2.34. The van der Waals surface area contributed by atoms with Crippen LogP contribution in [0.3, 0.4) is 0 Å². The van der Waals surface area contributed by atoms with Crippen molar-refractivity contribution in [2.24, 2.45) is 0 Å². The second-order valence-corrected chi connectivity index (χ2v) is 6.86. The SMILES string of the molecule is CNC(=O)NC(=O)COC(=O)CCS(=O)(=O)c1ccc(Cl)cc1. The molecular formula is C13H15ClN2O6S. The highest BCUT2D eigenvalue weighted by molar-refractivity contribution is 7.91. The number of imide groups is 1. The highest BCUT2D eigenvalue weighted by Crippen LogP contribution is 2.16. The molecule has 0 bridgehead atoms. The molecule has 10 heteroatoms. The number of amides is 3. The number of ether oxygens (including phenoxy) is 1. The summed E-state index contributed by atoms with van der Waals surface area (Å²) in [6.45, 7) is -0.673. The molecule has 0 unspecified atom stereocenters. The topological polar surface area (TPSA) is 119 Å². The molecule has 0 saturated carbocycles. The first-order valence-corrected chi connectivity index (χ1v) is 8.43. The highest BCUT2D eigenvalue weighted by Gasteiger charge is 2.18. The van der Waals surface area contributed by atoms with Gasteiger partial charge in [0.2, 0.25) is 0 Å². The predicted molar refractivity (Wildman–Crippen MR) is 81.7 cm³/mol. The number of hydrogen-bond acceptors (Lipinski definition) is 6. The normalized spacial score (nSPS) is 10.7. The fourth-order valence-corrected chi connectivity index (χ4v) is 2.77. The van der Waals surface area contributed by atoms with Crippen LogP contribution in [0.4, 0.5) is 4.79 Å². The molecule has 0 aliphatic heterocycles. The maximum Gasteiger partial charge on any atom is 0.321 e. The number of nitrogens with one attached hydrogen (secondary N) is 2. The summed E-state index contributed by atoms with van der Waals surface area (Å²) in [5.41, 5.74) is 0. The van der Waals surface area contributed by atoms with Crippen LogP contribution in [0.1, 0.15) is 6.42 Å². The van der Waals surface area contributed by atoms with Gasteiger partial charge in [0, 0.05) is 12.1 Å². The Balaban J connectivity index is 2.45. The van der Waals surface area contributed by atoms with Crippen molar-refractivity contribution in [3.63, 3.8) is 0 Å². The smallest absolute Gasteiger partial charge is 0.321 e. The Bertz CT molecular complexity index is 687. The van der Waals surface area contributed by atoms with Gasteiger partial charge in [-0.05, 0) is 24.3 Å². The molecular weight excluding hydrogens is 348 g/mol. The van der Waals surface area contributed by atoms with Crippen LogP contribution in [0, 0.1) is 0 Å². The molecule has 0 saturated heterocycles. The molecule has 0 radical (unpaired) electrons. The van der Waals surface area contributed by atoms with Gasteiger partial charge in [0.05, 0.1) is 17.1 Å². The summed E-state index contributed by atoms with van der Waals surface area (Å²) >= 11 is 5.67. The number of carbonyl (C=O) groups excluding carboxylic acids is 3. The quantitative estimate of drug-likeness (QED) is 0.711. The largest absolute Gasteiger partial charge is 0.456 e. The van der Waals surface area contributed by atoms with Gasteiger partial charge < -0.3 is 10.1 Å². The third kappa shape index (κ3) is 6.66. The first-order chi connectivity index (χ1) is 10.7. The van der Waals surface area contributed by atoms with Crippen LogP contribution >= 0.6 is 11.6 Å². The number of benzene rings is 1. The van der Waals surface area contributed by atoms with E-state index in [1.165, 1.54) is 31.3 Å². The monoisotopic (exact) mass is 362 g/mol. The van der Waals surface area contributed by atoms with Crippen molar-refractivity contribution >= 4 is 39.3 Å². The average molecular weight is 363 g/mol. The molecule has 0 spiro atoms. The van der Waals surface area contributed by atoms with E-state index in [-0.39, 0.29) is 4.90 Å². The molecule has 8 nitrogen and oxygen atoms in total. The summed E-state index contributed by atoms with van der Waals surface area (Å²) in [6.07, 6.45) is -0.418. The summed E-state index contributed by atoms with van der Waals surface area (Å²) in [6, 6.07) is 4.78. The molecule has 0 aliphatic rings. The Labute approximate surface area is 138 Å². The minimum Gasteiger partial charge on any atom is -0.456 e. The molecule has 0 aromatic heterocycles. The molecule has 1 rings (SSSR count). The van der Waals surface area contributed by atoms with Crippen LogP contribution in [0.5, 0.6) is 0 Å². The minimum absolute atomic E-state index is 0.0343. The Kier molecular flexibility index (Phi) is 6.98. The first kappa shape index (κ1) is 18.9. The van der Waals surface area contributed by atoms with Gasteiger partial charge in [0.25, 0.3) is 5.91 Å². The molecule has 0 heterocycles. The van der Waals surface area contributed by atoms with Gasteiger partial charge >= 0.3 is 12.0 Å². The van der Waals surface area contributed by atoms with Crippen LogP contribution in [0.2, 0.25) is 5.02 Å². The molecule has 3 amide bonds. The Morgan fingerprint density at radius 1 is 1.17 bits per heavy atom.